The SMILES string of the molecule is CC(C)(C)N1CCN(c2ncc(CO)cn2)CC1. The van der Waals surface area contributed by atoms with Crippen molar-refractivity contribution in [3.05, 3.63) is 18.0 Å². The molecule has 100 valence electrons. The van der Waals surface area contributed by atoms with Gasteiger partial charge in [0, 0.05) is 49.7 Å². The van der Waals surface area contributed by atoms with Gasteiger partial charge in [0.1, 0.15) is 0 Å². The molecule has 0 bridgehead atoms. The summed E-state index contributed by atoms with van der Waals surface area (Å²) in [6.07, 6.45) is 3.39. The molecule has 0 saturated carbocycles. The largest absolute Gasteiger partial charge is 0.392 e. The van der Waals surface area contributed by atoms with Crippen LogP contribution in [0.25, 0.3) is 0 Å². The van der Waals surface area contributed by atoms with Gasteiger partial charge < -0.3 is 10.0 Å². The highest BCUT2D eigenvalue weighted by Gasteiger charge is 2.26. The quantitative estimate of drug-likeness (QED) is 0.845. The van der Waals surface area contributed by atoms with E-state index in [0.717, 1.165) is 37.7 Å². The molecule has 1 N–H and O–H groups in total. The first-order chi connectivity index (χ1) is 8.50. The fraction of sp³-hybridized carbons (Fsp3) is 0.692. The van der Waals surface area contributed by atoms with Gasteiger partial charge in [0.2, 0.25) is 5.95 Å². The van der Waals surface area contributed by atoms with Crippen molar-refractivity contribution in [1.29, 1.82) is 0 Å². The minimum atomic E-state index is -0.00190. The van der Waals surface area contributed by atoms with Gasteiger partial charge in [-0.2, -0.15) is 0 Å². The normalized spacial score (nSPS) is 18.1. The zero-order valence-corrected chi connectivity index (χ0v) is 11.4. The Kier molecular flexibility index (Phi) is 3.82. The third kappa shape index (κ3) is 2.97. The van der Waals surface area contributed by atoms with E-state index in [1.165, 1.54) is 0 Å². The van der Waals surface area contributed by atoms with Crippen LogP contribution in [0.15, 0.2) is 12.4 Å². The molecule has 1 aliphatic heterocycles. The number of aliphatic hydroxyl groups is 1. The summed E-state index contributed by atoms with van der Waals surface area (Å²) in [6, 6.07) is 0. The molecule has 0 unspecified atom stereocenters. The van der Waals surface area contributed by atoms with Gasteiger partial charge in [-0.15, -0.1) is 0 Å². The molecule has 1 aliphatic rings. The third-order valence-corrected chi connectivity index (χ3v) is 3.39. The topological polar surface area (TPSA) is 52.5 Å². The summed E-state index contributed by atoms with van der Waals surface area (Å²) in [6.45, 7) is 10.7. The second-order valence-corrected chi connectivity index (χ2v) is 5.69. The molecule has 0 aliphatic carbocycles. The third-order valence-electron chi connectivity index (χ3n) is 3.39. The van der Waals surface area contributed by atoms with Crippen LogP contribution in [-0.2, 0) is 6.61 Å². The Labute approximate surface area is 108 Å². The Balaban J connectivity index is 1.96. The molecule has 2 rings (SSSR count). The van der Waals surface area contributed by atoms with Crippen molar-refractivity contribution in [2.45, 2.75) is 32.9 Å². The zero-order valence-electron chi connectivity index (χ0n) is 11.4. The second-order valence-electron chi connectivity index (χ2n) is 5.69. The van der Waals surface area contributed by atoms with Crippen molar-refractivity contribution in [3.8, 4) is 0 Å². The lowest BCUT2D eigenvalue weighted by Gasteiger charge is -2.42. The molecule has 0 amide bonds. The summed E-state index contributed by atoms with van der Waals surface area (Å²) >= 11 is 0. The van der Waals surface area contributed by atoms with Gasteiger partial charge >= 0.3 is 0 Å². The van der Waals surface area contributed by atoms with E-state index in [4.69, 9.17) is 5.11 Å². The molecule has 0 atom stereocenters. The van der Waals surface area contributed by atoms with Crippen LogP contribution in [0.3, 0.4) is 0 Å². The van der Waals surface area contributed by atoms with E-state index < -0.39 is 0 Å². The summed E-state index contributed by atoms with van der Waals surface area (Å²) in [5, 5.41) is 8.96. The van der Waals surface area contributed by atoms with Crippen LogP contribution in [0.4, 0.5) is 5.95 Å². The second kappa shape index (κ2) is 5.20. The van der Waals surface area contributed by atoms with Crippen LogP contribution in [0.2, 0.25) is 0 Å². The number of nitrogens with zero attached hydrogens (tertiary/aromatic N) is 4. The number of hydrogen-bond donors (Lipinski definition) is 1. The molecule has 0 spiro atoms. The fourth-order valence-corrected chi connectivity index (χ4v) is 2.17. The van der Waals surface area contributed by atoms with E-state index in [1.54, 1.807) is 12.4 Å². The predicted molar refractivity (Wildman–Crippen MR) is 71.5 cm³/mol. The minimum Gasteiger partial charge on any atom is -0.392 e. The molecule has 5 nitrogen and oxygen atoms in total. The first-order valence-corrected chi connectivity index (χ1v) is 6.42. The lowest BCUT2D eigenvalue weighted by atomic mass is 10.1. The molecule has 1 saturated heterocycles. The molecule has 2 heterocycles. The smallest absolute Gasteiger partial charge is 0.225 e. The zero-order chi connectivity index (χ0) is 13.2. The van der Waals surface area contributed by atoms with Crippen molar-refractivity contribution >= 4 is 5.95 Å². The summed E-state index contributed by atoms with van der Waals surface area (Å²) in [5.74, 6) is 0.765. The van der Waals surface area contributed by atoms with Gasteiger partial charge in [0.05, 0.1) is 6.61 Å². The monoisotopic (exact) mass is 250 g/mol. The van der Waals surface area contributed by atoms with Gasteiger partial charge in [-0.1, -0.05) is 0 Å². The Hall–Kier alpha value is -1.20. The highest BCUT2D eigenvalue weighted by atomic mass is 16.3. The Morgan fingerprint density at radius 3 is 2.11 bits per heavy atom. The maximum absolute atomic E-state index is 8.96. The lowest BCUT2D eigenvalue weighted by Crippen LogP contribution is -2.53. The van der Waals surface area contributed by atoms with Crippen molar-refractivity contribution in [3.63, 3.8) is 0 Å². The van der Waals surface area contributed by atoms with Gasteiger partial charge in [-0.05, 0) is 20.8 Å². The van der Waals surface area contributed by atoms with Crippen LogP contribution in [0.5, 0.6) is 0 Å². The van der Waals surface area contributed by atoms with Gasteiger partial charge in [-0.3, -0.25) is 4.90 Å². The van der Waals surface area contributed by atoms with E-state index in [0.29, 0.717) is 0 Å². The van der Waals surface area contributed by atoms with Crippen molar-refractivity contribution < 1.29 is 5.11 Å². The summed E-state index contributed by atoms with van der Waals surface area (Å²) < 4.78 is 0. The molecule has 0 radical (unpaired) electrons. The number of aromatic nitrogens is 2. The van der Waals surface area contributed by atoms with Crippen LogP contribution in [0, 0.1) is 0 Å². The van der Waals surface area contributed by atoms with Crippen molar-refractivity contribution in [2.24, 2.45) is 0 Å². The minimum absolute atomic E-state index is 0.00190. The molecular formula is C13H22N4O. The molecule has 1 aromatic heterocycles. The van der Waals surface area contributed by atoms with Crippen LogP contribution in [-0.4, -0.2) is 51.7 Å². The van der Waals surface area contributed by atoms with Crippen molar-refractivity contribution in [1.82, 2.24) is 14.9 Å². The summed E-state index contributed by atoms with van der Waals surface area (Å²) in [7, 11) is 0. The standard InChI is InChI=1S/C13H22N4O/c1-13(2,3)17-6-4-16(5-7-17)12-14-8-11(10-18)9-15-12/h8-9,18H,4-7,10H2,1-3H3. The predicted octanol–water partition coefficient (Wildman–Crippen LogP) is 0.889. The average molecular weight is 250 g/mol. The van der Waals surface area contributed by atoms with E-state index in [-0.39, 0.29) is 12.1 Å². The lowest BCUT2D eigenvalue weighted by molar-refractivity contribution is 0.128. The fourth-order valence-electron chi connectivity index (χ4n) is 2.17. The van der Waals surface area contributed by atoms with Gasteiger partial charge in [0.15, 0.2) is 0 Å². The summed E-state index contributed by atoms with van der Waals surface area (Å²) in [5.41, 5.74) is 0.986. The van der Waals surface area contributed by atoms with E-state index >= 15 is 0 Å². The molecule has 0 aromatic carbocycles. The van der Waals surface area contributed by atoms with Crippen LogP contribution < -0.4 is 4.90 Å². The Morgan fingerprint density at radius 1 is 1.11 bits per heavy atom. The van der Waals surface area contributed by atoms with E-state index in [1.807, 2.05) is 0 Å². The Morgan fingerprint density at radius 2 is 1.67 bits per heavy atom. The number of hydrogen-bond acceptors (Lipinski definition) is 5. The average Bonchev–Trinajstić information content (AvgIpc) is 2.38. The van der Waals surface area contributed by atoms with Gasteiger partial charge in [-0.25, -0.2) is 9.97 Å². The maximum atomic E-state index is 8.96. The highest BCUT2D eigenvalue weighted by Crippen LogP contribution is 2.18. The molecular weight excluding hydrogens is 228 g/mol. The van der Waals surface area contributed by atoms with Crippen molar-refractivity contribution in [2.75, 3.05) is 31.1 Å². The number of anilines is 1. The van der Waals surface area contributed by atoms with Crippen LogP contribution >= 0.6 is 0 Å². The highest BCUT2D eigenvalue weighted by molar-refractivity contribution is 5.30. The van der Waals surface area contributed by atoms with E-state index in [9.17, 15) is 0 Å². The van der Waals surface area contributed by atoms with Gasteiger partial charge in [0.25, 0.3) is 0 Å². The Bertz CT molecular complexity index is 377. The number of piperazine rings is 1. The molecule has 18 heavy (non-hydrogen) atoms. The molecule has 5 heteroatoms. The first-order valence-electron chi connectivity index (χ1n) is 6.42. The first kappa shape index (κ1) is 13.2. The summed E-state index contributed by atoms with van der Waals surface area (Å²) in [4.78, 5) is 13.3. The van der Waals surface area contributed by atoms with E-state index in [2.05, 4.69) is 40.5 Å². The molecule has 1 fully saturated rings. The number of aliphatic hydroxyl groups excluding tert-OH is 1. The number of rotatable bonds is 2. The van der Waals surface area contributed by atoms with Crippen LogP contribution in [0.1, 0.15) is 26.3 Å². The maximum Gasteiger partial charge on any atom is 0.225 e. The molecule has 1 aromatic rings.